The fourth-order valence-corrected chi connectivity index (χ4v) is 1.17. The van der Waals surface area contributed by atoms with Gasteiger partial charge in [-0.25, -0.2) is 4.39 Å². The van der Waals surface area contributed by atoms with Crippen molar-refractivity contribution >= 4 is 17.9 Å². The highest BCUT2D eigenvalue weighted by Gasteiger charge is 2.20. The molecule has 0 saturated heterocycles. The predicted molar refractivity (Wildman–Crippen MR) is 63.0 cm³/mol. The van der Waals surface area contributed by atoms with Gasteiger partial charge in [0.2, 0.25) is 11.7 Å². The van der Waals surface area contributed by atoms with Gasteiger partial charge in [0.25, 0.3) is 0 Å². The first-order valence-electron chi connectivity index (χ1n) is 4.59. The number of nitro benzene ring substituents is 1. The molecule has 9 heteroatoms. The number of nitrogens with two attached hydrogens (primary N) is 2. The Morgan fingerprint density at radius 1 is 1.56 bits per heavy atom. The number of halogens is 1. The molecule has 0 bridgehead atoms. The fraction of sp³-hybridized carbons (Fsp3) is 0.111. The van der Waals surface area contributed by atoms with Crippen LogP contribution >= 0.6 is 0 Å². The van der Waals surface area contributed by atoms with Crippen LogP contribution in [-0.4, -0.2) is 24.2 Å². The van der Waals surface area contributed by atoms with Crippen molar-refractivity contribution in [3.8, 4) is 5.75 Å². The number of methoxy groups -OCH3 is 1. The van der Waals surface area contributed by atoms with Gasteiger partial charge in [0, 0.05) is 11.6 Å². The average molecular weight is 255 g/mol. The number of ether oxygens (including phenoxy) is 1. The van der Waals surface area contributed by atoms with Crippen LogP contribution in [0.3, 0.4) is 0 Å². The summed E-state index contributed by atoms with van der Waals surface area (Å²) in [5.41, 5.74) is 9.66. The van der Waals surface area contributed by atoms with E-state index in [2.05, 4.69) is 14.9 Å². The number of hydrogen-bond acceptors (Lipinski definition) is 5. The Bertz CT molecular complexity index is 525. The standard InChI is InChI=1S/C9H10FN5O3/c1-18-8-6(10)2-5(3-7(8)15(16)17)4-13-14-9(11)12/h2-4H,1H3,(H4,11,12,14). The molecule has 8 nitrogen and oxygen atoms in total. The van der Waals surface area contributed by atoms with Crippen molar-refractivity contribution < 1.29 is 14.1 Å². The van der Waals surface area contributed by atoms with Gasteiger partial charge in [-0.15, -0.1) is 5.10 Å². The van der Waals surface area contributed by atoms with Gasteiger partial charge in [0.05, 0.1) is 18.2 Å². The van der Waals surface area contributed by atoms with Gasteiger partial charge in [-0.05, 0) is 6.07 Å². The van der Waals surface area contributed by atoms with Crippen LogP contribution in [-0.2, 0) is 0 Å². The number of benzene rings is 1. The summed E-state index contributed by atoms with van der Waals surface area (Å²) < 4.78 is 18.1. The Kier molecular flexibility index (Phi) is 4.13. The maximum atomic E-state index is 13.5. The van der Waals surface area contributed by atoms with E-state index >= 15 is 0 Å². The number of guanidine groups is 1. The summed E-state index contributed by atoms with van der Waals surface area (Å²) >= 11 is 0. The predicted octanol–water partition coefficient (Wildman–Crippen LogP) is 0.350. The Morgan fingerprint density at radius 3 is 2.72 bits per heavy atom. The number of rotatable bonds is 4. The van der Waals surface area contributed by atoms with Gasteiger partial charge >= 0.3 is 5.69 Å². The van der Waals surface area contributed by atoms with Crippen molar-refractivity contribution in [3.05, 3.63) is 33.6 Å². The third kappa shape index (κ3) is 3.14. The van der Waals surface area contributed by atoms with Gasteiger partial charge in [0.15, 0.2) is 5.82 Å². The summed E-state index contributed by atoms with van der Waals surface area (Å²) in [5, 5.41) is 17.4. The molecule has 0 unspecified atom stereocenters. The molecule has 0 aliphatic carbocycles. The highest BCUT2D eigenvalue weighted by atomic mass is 19.1. The normalized spacial score (nSPS) is 10.3. The number of hydrogen-bond donors (Lipinski definition) is 2. The van der Waals surface area contributed by atoms with Crippen molar-refractivity contribution in [3.63, 3.8) is 0 Å². The second kappa shape index (κ2) is 5.57. The van der Waals surface area contributed by atoms with Crippen LogP contribution in [0.5, 0.6) is 5.75 Å². The number of nitrogens with zero attached hydrogens (tertiary/aromatic N) is 3. The maximum Gasteiger partial charge on any atom is 0.314 e. The molecular formula is C9H10FN5O3. The topological polar surface area (TPSA) is 129 Å². The van der Waals surface area contributed by atoms with Gasteiger partial charge in [0.1, 0.15) is 0 Å². The van der Waals surface area contributed by atoms with Gasteiger partial charge in [-0.3, -0.25) is 10.1 Å². The van der Waals surface area contributed by atoms with Crippen molar-refractivity contribution in [1.82, 2.24) is 0 Å². The molecule has 0 saturated carbocycles. The molecule has 0 aromatic heterocycles. The molecule has 1 aromatic carbocycles. The lowest BCUT2D eigenvalue weighted by atomic mass is 10.2. The molecule has 0 fully saturated rings. The van der Waals surface area contributed by atoms with E-state index in [4.69, 9.17) is 11.5 Å². The Labute approximate surface area is 101 Å². The zero-order chi connectivity index (χ0) is 13.7. The fourth-order valence-electron chi connectivity index (χ4n) is 1.17. The molecule has 1 aromatic rings. The highest BCUT2D eigenvalue weighted by molar-refractivity contribution is 5.83. The molecule has 4 N–H and O–H groups in total. The molecule has 0 spiro atoms. The molecule has 0 aliphatic rings. The third-order valence-corrected chi connectivity index (χ3v) is 1.83. The summed E-state index contributed by atoms with van der Waals surface area (Å²) in [6.45, 7) is 0. The van der Waals surface area contributed by atoms with Crippen LogP contribution < -0.4 is 16.2 Å². The van der Waals surface area contributed by atoms with Crippen molar-refractivity contribution in [2.45, 2.75) is 0 Å². The minimum atomic E-state index is -0.877. The monoisotopic (exact) mass is 255 g/mol. The van der Waals surface area contributed by atoms with E-state index in [1.54, 1.807) is 0 Å². The Morgan fingerprint density at radius 2 is 2.22 bits per heavy atom. The Hall–Kier alpha value is -2.71. The SMILES string of the molecule is COc1c(F)cc(C=NN=C(N)N)cc1[N+](=O)[O-]. The van der Waals surface area contributed by atoms with E-state index in [0.717, 1.165) is 25.5 Å². The molecule has 0 radical (unpaired) electrons. The quantitative estimate of drug-likeness (QED) is 0.347. The molecule has 0 atom stereocenters. The Balaban J connectivity index is 3.21. The van der Waals surface area contributed by atoms with Crippen LogP contribution in [0.1, 0.15) is 5.56 Å². The largest absolute Gasteiger partial charge is 0.488 e. The van der Waals surface area contributed by atoms with E-state index < -0.39 is 22.2 Å². The zero-order valence-corrected chi connectivity index (χ0v) is 9.33. The first-order valence-corrected chi connectivity index (χ1v) is 4.59. The molecule has 18 heavy (non-hydrogen) atoms. The van der Waals surface area contributed by atoms with Crippen LogP contribution in [0, 0.1) is 15.9 Å². The van der Waals surface area contributed by atoms with Crippen LogP contribution in [0.25, 0.3) is 0 Å². The zero-order valence-electron chi connectivity index (χ0n) is 9.33. The minimum absolute atomic E-state index is 0.130. The average Bonchev–Trinajstić information content (AvgIpc) is 2.27. The second-order valence-electron chi connectivity index (χ2n) is 3.08. The van der Waals surface area contributed by atoms with Crippen molar-refractivity contribution in [2.24, 2.45) is 21.7 Å². The highest BCUT2D eigenvalue weighted by Crippen LogP contribution is 2.30. The molecule has 0 aliphatic heterocycles. The minimum Gasteiger partial charge on any atom is -0.488 e. The van der Waals surface area contributed by atoms with Crippen molar-refractivity contribution in [1.29, 1.82) is 0 Å². The maximum absolute atomic E-state index is 13.5. The smallest absolute Gasteiger partial charge is 0.314 e. The molecule has 96 valence electrons. The van der Waals surface area contributed by atoms with Gasteiger partial charge in [-0.2, -0.15) is 5.10 Å². The summed E-state index contributed by atoms with van der Waals surface area (Å²) in [6, 6.07) is 2.10. The number of nitro groups is 1. The molecule has 0 heterocycles. The molecule has 1 rings (SSSR count). The lowest BCUT2D eigenvalue weighted by molar-refractivity contribution is -0.386. The summed E-state index contributed by atoms with van der Waals surface area (Å²) in [7, 11) is 1.14. The first-order chi connectivity index (χ1) is 8.45. The van der Waals surface area contributed by atoms with Crippen LogP contribution in [0.15, 0.2) is 22.3 Å². The van der Waals surface area contributed by atoms with Crippen LogP contribution in [0.4, 0.5) is 10.1 Å². The summed E-state index contributed by atoms with van der Waals surface area (Å²) in [5.74, 6) is -1.61. The molecule has 0 amide bonds. The summed E-state index contributed by atoms with van der Waals surface area (Å²) in [4.78, 5) is 9.95. The van der Waals surface area contributed by atoms with E-state index in [1.165, 1.54) is 0 Å². The van der Waals surface area contributed by atoms with E-state index in [0.29, 0.717) is 0 Å². The van der Waals surface area contributed by atoms with E-state index in [1.807, 2.05) is 0 Å². The first kappa shape index (κ1) is 13.4. The van der Waals surface area contributed by atoms with E-state index in [9.17, 15) is 14.5 Å². The third-order valence-electron chi connectivity index (χ3n) is 1.83. The summed E-state index contributed by atoms with van der Waals surface area (Å²) in [6.07, 6.45) is 1.08. The van der Waals surface area contributed by atoms with Gasteiger partial charge < -0.3 is 16.2 Å². The molecular weight excluding hydrogens is 245 g/mol. The van der Waals surface area contributed by atoms with E-state index in [-0.39, 0.29) is 11.5 Å². The second-order valence-corrected chi connectivity index (χ2v) is 3.08. The van der Waals surface area contributed by atoms with Gasteiger partial charge in [-0.1, -0.05) is 0 Å². The van der Waals surface area contributed by atoms with Crippen molar-refractivity contribution in [2.75, 3.05) is 7.11 Å². The lowest BCUT2D eigenvalue weighted by Crippen LogP contribution is -2.21. The van der Waals surface area contributed by atoms with Crippen LogP contribution in [0.2, 0.25) is 0 Å². The lowest BCUT2D eigenvalue weighted by Gasteiger charge is -2.03.